The van der Waals surface area contributed by atoms with Crippen LogP contribution in [0.2, 0.25) is 0 Å². The summed E-state index contributed by atoms with van der Waals surface area (Å²) in [6, 6.07) is 13.8. The third-order valence-electron chi connectivity index (χ3n) is 4.39. The molecule has 0 saturated heterocycles. The van der Waals surface area contributed by atoms with E-state index < -0.39 is 4.92 Å². The summed E-state index contributed by atoms with van der Waals surface area (Å²) >= 11 is 2.56. The van der Waals surface area contributed by atoms with Crippen LogP contribution in [0.25, 0.3) is 16.9 Å². The molecular formula is C21H17N5O4S2. The van der Waals surface area contributed by atoms with Gasteiger partial charge in [0.15, 0.2) is 10.3 Å². The first-order valence-electron chi connectivity index (χ1n) is 9.34. The van der Waals surface area contributed by atoms with Gasteiger partial charge in [-0.1, -0.05) is 23.9 Å². The summed E-state index contributed by atoms with van der Waals surface area (Å²) in [6.07, 6.45) is 3.50. The number of benzene rings is 2. The van der Waals surface area contributed by atoms with Crippen LogP contribution in [0, 0.1) is 10.1 Å². The van der Waals surface area contributed by atoms with Gasteiger partial charge in [0, 0.05) is 41.2 Å². The fraction of sp³-hybridized carbons (Fsp3) is 0.0952. The number of nitrogens with one attached hydrogen (secondary N) is 1. The van der Waals surface area contributed by atoms with Crippen molar-refractivity contribution in [2.45, 2.75) is 5.16 Å². The molecule has 0 bridgehead atoms. The molecule has 0 aliphatic rings. The summed E-state index contributed by atoms with van der Waals surface area (Å²) < 4.78 is 7.07. The molecule has 0 fully saturated rings. The molecular weight excluding hydrogens is 450 g/mol. The van der Waals surface area contributed by atoms with Crippen molar-refractivity contribution >= 4 is 39.8 Å². The maximum absolute atomic E-state index is 12.4. The Kier molecular flexibility index (Phi) is 6.47. The zero-order valence-corrected chi connectivity index (χ0v) is 18.4. The van der Waals surface area contributed by atoms with Gasteiger partial charge in [0.05, 0.1) is 23.5 Å². The fourth-order valence-electron chi connectivity index (χ4n) is 2.86. The van der Waals surface area contributed by atoms with Gasteiger partial charge in [-0.05, 0) is 24.3 Å². The molecule has 1 N–H and O–H groups in total. The molecule has 0 aliphatic heterocycles. The van der Waals surface area contributed by atoms with Gasteiger partial charge in [-0.25, -0.2) is 9.97 Å². The molecule has 162 valence electrons. The number of rotatable bonds is 8. The summed E-state index contributed by atoms with van der Waals surface area (Å²) in [5.41, 5.74) is 2.08. The lowest BCUT2D eigenvalue weighted by atomic mass is 10.1. The van der Waals surface area contributed by atoms with E-state index in [2.05, 4.69) is 15.3 Å². The van der Waals surface area contributed by atoms with Crippen molar-refractivity contribution in [1.29, 1.82) is 0 Å². The summed E-state index contributed by atoms with van der Waals surface area (Å²) in [6.45, 7) is 0. The first-order chi connectivity index (χ1) is 15.5. The van der Waals surface area contributed by atoms with Gasteiger partial charge in [0.2, 0.25) is 5.91 Å². The highest BCUT2D eigenvalue weighted by molar-refractivity contribution is 7.99. The van der Waals surface area contributed by atoms with E-state index in [1.54, 1.807) is 30.8 Å². The van der Waals surface area contributed by atoms with Gasteiger partial charge in [-0.15, -0.1) is 11.3 Å². The molecule has 0 spiro atoms. The Bertz CT molecular complexity index is 1250. The molecule has 2 aromatic heterocycles. The number of ether oxygens (including phenoxy) is 1. The number of hydrogen-bond donors (Lipinski definition) is 1. The van der Waals surface area contributed by atoms with Crippen molar-refractivity contribution in [2.75, 3.05) is 18.2 Å². The first kappa shape index (κ1) is 21.5. The normalized spacial score (nSPS) is 10.7. The van der Waals surface area contributed by atoms with Crippen molar-refractivity contribution in [1.82, 2.24) is 14.5 Å². The van der Waals surface area contributed by atoms with E-state index in [4.69, 9.17) is 4.74 Å². The lowest BCUT2D eigenvalue weighted by molar-refractivity contribution is -0.384. The Morgan fingerprint density at radius 1 is 1.28 bits per heavy atom. The van der Waals surface area contributed by atoms with Crippen molar-refractivity contribution in [3.63, 3.8) is 0 Å². The van der Waals surface area contributed by atoms with Crippen LogP contribution in [0.3, 0.4) is 0 Å². The first-order valence-corrected chi connectivity index (χ1v) is 11.2. The van der Waals surface area contributed by atoms with Crippen molar-refractivity contribution < 1.29 is 14.5 Å². The minimum absolute atomic E-state index is 0.00940. The number of carbonyl (C=O) groups excluding carboxylic acids is 1. The Balaban J connectivity index is 1.38. The Hall–Kier alpha value is -3.70. The summed E-state index contributed by atoms with van der Waals surface area (Å²) in [7, 11) is 1.61. The molecule has 0 saturated carbocycles. The number of methoxy groups -OCH3 is 1. The zero-order chi connectivity index (χ0) is 22.5. The van der Waals surface area contributed by atoms with E-state index in [1.807, 2.05) is 35.0 Å². The van der Waals surface area contributed by atoms with Gasteiger partial charge in [-0.3, -0.25) is 19.5 Å². The third-order valence-corrected chi connectivity index (χ3v) is 6.12. The quantitative estimate of drug-likeness (QED) is 0.228. The molecule has 4 rings (SSSR count). The van der Waals surface area contributed by atoms with Gasteiger partial charge in [-0.2, -0.15) is 0 Å². The SMILES string of the molecule is COc1ccc(-n2ccnc2SCC(=O)Nc2nc(-c3cccc([N+](=O)[O-])c3)cs2)cc1. The lowest BCUT2D eigenvalue weighted by Crippen LogP contribution is -2.14. The lowest BCUT2D eigenvalue weighted by Gasteiger charge is -2.08. The number of nitro groups is 1. The van der Waals surface area contributed by atoms with Crippen LogP contribution >= 0.6 is 23.1 Å². The fourth-order valence-corrected chi connectivity index (χ4v) is 4.37. The van der Waals surface area contributed by atoms with E-state index in [1.165, 1.54) is 35.2 Å². The van der Waals surface area contributed by atoms with Crippen LogP contribution in [0.5, 0.6) is 5.75 Å². The molecule has 0 atom stereocenters. The highest BCUT2D eigenvalue weighted by Crippen LogP contribution is 2.28. The van der Waals surface area contributed by atoms with Crippen LogP contribution in [0.1, 0.15) is 0 Å². The largest absolute Gasteiger partial charge is 0.497 e. The molecule has 0 unspecified atom stereocenters. The molecule has 9 nitrogen and oxygen atoms in total. The number of imidazole rings is 1. The topological polar surface area (TPSA) is 112 Å². The number of nitro benzene ring substituents is 1. The predicted octanol–water partition coefficient (Wildman–Crippen LogP) is 4.64. The van der Waals surface area contributed by atoms with E-state index in [0.29, 0.717) is 21.5 Å². The van der Waals surface area contributed by atoms with E-state index in [0.717, 1.165) is 11.4 Å². The second-order valence-electron chi connectivity index (χ2n) is 6.46. The maximum Gasteiger partial charge on any atom is 0.270 e. The maximum atomic E-state index is 12.4. The van der Waals surface area contributed by atoms with Crippen LogP contribution in [-0.2, 0) is 4.79 Å². The Morgan fingerprint density at radius 2 is 2.09 bits per heavy atom. The minimum Gasteiger partial charge on any atom is -0.497 e. The average Bonchev–Trinajstić information content (AvgIpc) is 3.47. The molecule has 2 aromatic carbocycles. The highest BCUT2D eigenvalue weighted by Gasteiger charge is 2.13. The second kappa shape index (κ2) is 9.62. The number of thioether (sulfide) groups is 1. The predicted molar refractivity (Wildman–Crippen MR) is 124 cm³/mol. The van der Waals surface area contributed by atoms with Crippen LogP contribution in [0.4, 0.5) is 10.8 Å². The number of aromatic nitrogens is 3. The minimum atomic E-state index is -0.453. The zero-order valence-electron chi connectivity index (χ0n) is 16.8. The van der Waals surface area contributed by atoms with Crippen molar-refractivity contribution in [3.8, 4) is 22.7 Å². The summed E-state index contributed by atoms with van der Waals surface area (Å²) in [5.74, 6) is 0.688. The Morgan fingerprint density at radius 3 is 2.84 bits per heavy atom. The van der Waals surface area contributed by atoms with Gasteiger partial charge >= 0.3 is 0 Å². The van der Waals surface area contributed by atoms with E-state index in [9.17, 15) is 14.9 Å². The van der Waals surface area contributed by atoms with Gasteiger partial charge in [0.1, 0.15) is 5.75 Å². The number of anilines is 1. The number of non-ortho nitro benzene ring substituents is 1. The molecule has 0 aliphatic carbocycles. The molecule has 32 heavy (non-hydrogen) atoms. The molecule has 4 aromatic rings. The van der Waals surface area contributed by atoms with E-state index >= 15 is 0 Å². The second-order valence-corrected chi connectivity index (χ2v) is 8.26. The van der Waals surface area contributed by atoms with Gasteiger partial charge in [0.25, 0.3) is 5.69 Å². The monoisotopic (exact) mass is 467 g/mol. The molecule has 0 radical (unpaired) electrons. The molecule has 11 heteroatoms. The number of hydrogen-bond acceptors (Lipinski definition) is 8. The highest BCUT2D eigenvalue weighted by atomic mass is 32.2. The average molecular weight is 468 g/mol. The molecule has 1 amide bonds. The van der Waals surface area contributed by atoms with Crippen molar-refractivity contribution in [2.24, 2.45) is 0 Å². The summed E-state index contributed by atoms with van der Waals surface area (Å²) in [5, 5.41) is 16.6. The van der Waals surface area contributed by atoms with Gasteiger partial charge < -0.3 is 10.1 Å². The molecule has 2 heterocycles. The third kappa shape index (κ3) is 4.95. The number of amides is 1. The number of carbonyl (C=O) groups is 1. The van der Waals surface area contributed by atoms with E-state index in [-0.39, 0.29) is 17.3 Å². The standard InChI is InChI=1S/C21H17N5O4S2/c1-30-17-7-5-15(6-8-17)25-10-9-22-21(25)32-13-19(27)24-20-23-18(12-31-20)14-3-2-4-16(11-14)26(28)29/h2-12H,13H2,1H3,(H,23,24,27). The number of thiazole rings is 1. The summed E-state index contributed by atoms with van der Waals surface area (Å²) in [4.78, 5) is 31.6. The number of nitrogens with zero attached hydrogens (tertiary/aromatic N) is 4. The smallest absolute Gasteiger partial charge is 0.270 e. The van der Waals surface area contributed by atoms with Crippen LogP contribution in [0.15, 0.2) is 71.5 Å². The van der Waals surface area contributed by atoms with Crippen LogP contribution < -0.4 is 10.1 Å². The van der Waals surface area contributed by atoms with Crippen LogP contribution in [-0.4, -0.2) is 38.2 Å². The Labute approximate surface area is 191 Å². The van der Waals surface area contributed by atoms with Crippen molar-refractivity contribution in [3.05, 3.63) is 76.4 Å².